The summed E-state index contributed by atoms with van der Waals surface area (Å²) >= 11 is 6.59. The summed E-state index contributed by atoms with van der Waals surface area (Å²) in [6.07, 6.45) is 2.40. The van der Waals surface area contributed by atoms with Gasteiger partial charge in [-0.15, -0.1) is 0 Å². The van der Waals surface area contributed by atoms with Crippen LogP contribution in [-0.4, -0.2) is 78.8 Å². The quantitative estimate of drug-likeness (QED) is 0.196. The van der Waals surface area contributed by atoms with E-state index in [1.165, 1.54) is 9.36 Å². The number of fused-ring (bicyclic) bond motifs is 3. The molecule has 1 unspecified atom stereocenters. The van der Waals surface area contributed by atoms with E-state index in [-0.39, 0.29) is 61.4 Å². The number of primary amides is 2. The van der Waals surface area contributed by atoms with Crippen molar-refractivity contribution in [1.82, 2.24) is 24.5 Å². The predicted molar refractivity (Wildman–Crippen MR) is 186 cm³/mol. The van der Waals surface area contributed by atoms with Crippen LogP contribution in [0.4, 0.5) is 5.69 Å². The molecule has 4 N–H and O–H groups in total. The molecule has 1 saturated heterocycles. The predicted octanol–water partition coefficient (Wildman–Crippen LogP) is 3.04. The van der Waals surface area contributed by atoms with Crippen molar-refractivity contribution < 1.29 is 28.7 Å². The average molecular weight is 709 g/mol. The van der Waals surface area contributed by atoms with E-state index in [0.717, 1.165) is 12.8 Å². The number of carbonyl (C=O) groups is 5. The molecule has 1 aliphatic heterocycles. The number of aromatic nitrogens is 4. The number of amides is 4. The lowest BCUT2D eigenvalue weighted by atomic mass is 9.99. The minimum atomic E-state index is -0.863. The molecule has 260 valence electrons. The summed E-state index contributed by atoms with van der Waals surface area (Å²) in [6.45, 7) is -0.540. The highest BCUT2D eigenvalue weighted by Gasteiger charge is 2.68. The number of benzene rings is 3. The SMILES string of the molecule is NC(=O)c1nn(CC(=O)OC[C@]23CC2N(C(=O)Cn2nc(C(N)=O)c4ccccc42)[C@H](C(=O)N(c2ccccc2Cl)C2CC2)C3)c2ccccc12. The molecule has 4 amide bonds. The molecule has 2 aliphatic carbocycles. The number of ether oxygens (including phenoxy) is 1. The van der Waals surface area contributed by atoms with E-state index < -0.39 is 29.2 Å². The molecule has 0 bridgehead atoms. The van der Waals surface area contributed by atoms with Crippen LogP contribution in [0.15, 0.2) is 72.8 Å². The zero-order chi connectivity index (χ0) is 35.6. The number of halogens is 1. The molecule has 3 heterocycles. The molecule has 2 aromatic heterocycles. The second-order valence-electron chi connectivity index (χ2n) is 13.4. The second kappa shape index (κ2) is 12.2. The molecule has 3 atom stereocenters. The molecular formula is C36H33ClN8O6. The molecular weight excluding hydrogens is 676 g/mol. The van der Waals surface area contributed by atoms with Crippen LogP contribution in [0.5, 0.6) is 0 Å². The van der Waals surface area contributed by atoms with E-state index in [0.29, 0.717) is 38.9 Å². The Balaban J connectivity index is 1.07. The van der Waals surface area contributed by atoms with Gasteiger partial charge in [0.25, 0.3) is 11.8 Å². The van der Waals surface area contributed by atoms with Gasteiger partial charge in [-0.1, -0.05) is 60.1 Å². The van der Waals surface area contributed by atoms with Gasteiger partial charge in [-0.25, -0.2) is 0 Å². The molecule has 15 heteroatoms. The van der Waals surface area contributed by atoms with Crippen molar-refractivity contribution in [2.75, 3.05) is 11.5 Å². The lowest BCUT2D eigenvalue weighted by molar-refractivity contribution is -0.146. The molecule has 14 nitrogen and oxygen atoms in total. The summed E-state index contributed by atoms with van der Waals surface area (Å²) in [5.41, 5.74) is 12.2. The standard InChI is InChI=1S/C36H33ClN8O6/c37-23-9-3-6-12-26(23)44(20-13-14-20)35(50)27-15-36(19-51-30(47)18-43-25-11-5-2-8-22(25)32(41-43)34(39)49)16-28(36)45(27)29(46)17-42-24-10-4-1-7-21(24)31(40-42)33(38)48/h1-12,20,27-28H,13-19H2,(H2,38,48)(H2,39,49)/t27-,28?,36-/m0/s1. The van der Waals surface area contributed by atoms with E-state index in [2.05, 4.69) is 10.2 Å². The van der Waals surface area contributed by atoms with Crippen LogP contribution < -0.4 is 16.4 Å². The van der Waals surface area contributed by atoms with Gasteiger partial charge in [0.05, 0.1) is 28.4 Å². The number of esters is 1. The van der Waals surface area contributed by atoms with E-state index >= 15 is 0 Å². The minimum Gasteiger partial charge on any atom is -0.464 e. The number of nitrogens with zero attached hydrogens (tertiary/aromatic N) is 6. The highest BCUT2D eigenvalue weighted by molar-refractivity contribution is 6.34. The van der Waals surface area contributed by atoms with Gasteiger partial charge in [-0.05, 0) is 49.9 Å². The number of nitrogens with two attached hydrogens (primary N) is 2. The van der Waals surface area contributed by atoms with Crippen LogP contribution >= 0.6 is 11.6 Å². The normalized spacial score (nSPS) is 20.7. The van der Waals surface area contributed by atoms with Crippen LogP contribution in [0.1, 0.15) is 46.7 Å². The van der Waals surface area contributed by atoms with Gasteiger partial charge in [0.1, 0.15) is 19.1 Å². The monoisotopic (exact) mass is 708 g/mol. The van der Waals surface area contributed by atoms with Gasteiger partial charge in [0, 0.05) is 28.3 Å². The number of piperidine rings is 1. The molecule has 51 heavy (non-hydrogen) atoms. The van der Waals surface area contributed by atoms with E-state index in [4.69, 9.17) is 27.8 Å². The first kappa shape index (κ1) is 32.4. The van der Waals surface area contributed by atoms with Gasteiger partial charge in [0.2, 0.25) is 11.8 Å². The number of rotatable bonds is 11. The molecule has 3 aromatic carbocycles. The molecule has 3 aliphatic rings. The first-order chi connectivity index (χ1) is 24.6. The zero-order valence-corrected chi connectivity index (χ0v) is 28.0. The van der Waals surface area contributed by atoms with Crippen LogP contribution in [-0.2, 0) is 32.2 Å². The lowest BCUT2D eigenvalue weighted by Crippen LogP contribution is -2.51. The van der Waals surface area contributed by atoms with Crippen LogP contribution in [0.25, 0.3) is 21.8 Å². The Morgan fingerprint density at radius 3 is 1.96 bits per heavy atom. The van der Waals surface area contributed by atoms with Crippen LogP contribution in [0, 0.1) is 5.41 Å². The van der Waals surface area contributed by atoms with Crippen molar-refractivity contribution in [2.24, 2.45) is 16.9 Å². The molecule has 2 saturated carbocycles. The summed E-state index contributed by atoms with van der Waals surface area (Å²) < 4.78 is 8.62. The van der Waals surface area contributed by atoms with E-state index in [9.17, 15) is 24.0 Å². The van der Waals surface area contributed by atoms with Gasteiger partial charge in [-0.3, -0.25) is 33.3 Å². The van der Waals surface area contributed by atoms with E-state index in [1.807, 2.05) is 6.07 Å². The minimum absolute atomic E-state index is 0.0298. The molecule has 3 fully saturated rings. The highest BCUT2D eigenvalue weighted by Crippen LogP contribution is 2.60. The van der Waals surface area contributed by atoms with Crippen LogP contribution in [0.3, 0.4) is 0 Å². The fraction of sp³-hybridized carbons (Fsp3) is 0.306. The number of hydrogen-bond acceptors (Lipinski definition) is 8. The number of para-hydroxylation sites is 3. The highest BCUT2D eigenvalue weighted by atomic mass is 35.5. The first-order valence-corrected chi connectivity index (χ1v) is 17.0. The Labute approximate surface area is 295 Å². The lowest BCUT2D eigenvalue weighted by Gasteiger charge is -2.32. The number of carbonyl (C=O) groups excluding carboxylic acids is 5. The third kappa shape index (κ3) is 5.65. The van der Waals surface area contributed by atoms with Crippen molar-refractivity contribution in [2.45, 2.75) is 56.9 Å². The Morgan fingerprint density at radius 2 is 1.37 bits per heavy atom. The second-order valence-corrected chi connectivity index (χ2v) is 13.8. The molecule has 0 spiro atoms. The summed E-state index contributed by atoms with van der Waals surface area (Å²) in [6, 6.07) is 19.8. The fourth-order valence-electron chi connectivity index (χ4n) is 7.51. The van der Waals surface area contributed by atoms with Gasteiger partial charge in [0.15, 0.2) is 11.4 Å². The molecule has 0 radical (unpaired) electrons. The maximum Gasteiger partial charge on any atom is 0.327 e. The Morgan fingerprint density at radius 1 is 0.804 bits per heavy atom. The number of hydrogen-bond donors (Lipinski definition) is 2. The Hall–Kier alpha value is -5.76. The third-order valence-electron chi connectivity index (χ3n) is 10.1. The van der Waals surface area contributed by atoms with E-state index in [1.54, 1.807) is 76.5 Å². The van der Waals surface area contributed by atoms with Crippen LogP contribution in [0.2, 0.25) is 5.02 Å². The molecule has 8 rings (SSSR count). The van der Waals surface area contributed by atoms with Crippen molar-refractivity contribution in [3.63, 3.8) is 0 Å². The number of likely N-dealkylation sites (tertiary alicyclic amines) is 1. The number of anilines is 1. The maximum atomic E-state index is 14.6. The van der Waals surface area contributed by atoms with Crippen molar-refractivity contribution in [3.8, 4) is 0 Å². The average Bonchev–Trinajstić information content (AvgIpc) is 3.97. The first-order valence-electron chi connectivity index (χ1n) is 16.6. The summed E-state index contributed by atoms with van der Waals surface area (Å²) in [5, 5.41) is 10.1. The largest absolute Gasteiger partial charge is 0.464 e. The van der Waals surface area contributed by atoms with Crippen molar-refractivity contribution >= 4 is 68.7 Å². The maximum absolute atomic E-state index is 14.6. The van der Waals surface area contributed by atoms with Gasteiger partial charge >= 0.3 is 5.97 Å². The van der Waals surface area contributed by atoms with Gasteiger partial charge < -0.3 is 26.0 Å². The van der Waals surface area contributed by atoms with Crippen molar-refractivity contribution in [1.29, 1.82) is 0 Å². The third-order valence-corrected chi connectivity index (χ3v) is 10.4. The Bertz CT molecular complexity index is 2280. The Kier molecular flexibility index (Phi) is 7.78. The summed E-state index contributed by atoms with van der Waals surface area (Å²) in [5.74, 6) is -2.66. The fourth-order valence-corrected chi connectivity index (χ4v) is 7.73. The van der Waals surface area contributed by atoms with Gasteiger partial charge in [-0.2, -0.15) is 10.2 Å². The topological polar surface area (TPSA) is 189 Å². The summed E-state index contributed by atoms with van der Waals surface area (Å²) in [7, 11) is 0. The summed E-state index contributed by atoms with van der Waals surface area (Å²) in [4.78, 5) is 69.5. The zero-order valence-electron chi connectivity index (χ0n) is 27.3. The van der Waals surface area contributed by atoms with Crippen molar-refractivity contribution in [3.05, 3.63) is 89.2 Å². The smallest absolute Gasteiger partial charge is 0.327 e. The molecule has 5 aromatic rings.